The van der Waals surface area contributed by atoms with Crippen molar-refractivity contribution >= 4 is 5.97 Å². The molecule has 0 saturated carbocycles. The van der Waals surface area contributed by atoms with Gasteiger partial charge in [0.1, 0.15) is 54.9 Å². The molecule has 0 aromatic carbocycles. The molecule has 0 spiro atoms. The fourth-order valence-corrected chi connectivity index (χ4v) is 9.05. The van der Waals surface area contributed by atoms with E-state index < -0.39 is 80.7 Å². The van der Waals surface area contributed by atoms with Crippen LogP contribution in [0, 0.1) is 0 Å². The molecule has 7 N–H and O–H groups in total. The van der Waals surface area contributed by atoms with Gasteiger partial charge in [-0.2, -0.15) is 0 Å². The van der Waals surface area contributed by atoms with Crippen LogP contribution in [-0.2, 0) is 33.2 Å². The molecular formula is C59H106O14. The lowest BCUT2D eigenvalue weighted by atomic mass is 9.98. The van der Waals surface area contributed by atoms with Crippen molar-refractivity contribution in [2.75, 3.05) is 33.0 Å². The smallest absolute Gasteiger partial charge is 0.306 e. The normalized spacial score (nSPS) is 25.3. The standard InChI is InChI=1S/C59H106O14/c1-3-5-7-9-11-13-15-17-19-21-22-23-24-25-26-27-28-30-32-34-36-38-40-42-51(61)71-48(45-68-43-41-39-37-35-33-31-29-20-18-16-14-12-10-8-6-4-2)46-69-58-57(67)55(65)53(63)50(73-58)47-70-59-56(66)54(64)52(62)49(44-60)72-59/h15,17-18,20-22,24-25,48-50,52-60,62-67H,3-14,16,19,23,26-47H2,1-2H3/b17-15-,20-18-,22-21-,25-24-. The van der Waals surface area contributed by atoms with Crippen LogP contribution in [0.1, 0.15) is 219 Å². The van der Waals surface area contributed by atoms with Gasteiger partial charge in [0.25, 0.3) is 0 Å². The first kappa shape index (κ1) is 67.1. The average molecular weight is 1040 g/mol. The molecule has 2 heterocycles. The number of unbranched alkanes of at least 4 members (excludes halogenated alkanes) is 25. The van der Waals surface area contributed by atoms with Gasteiger partial charge in [-0.15, -0.1) is 0 Å². The lowest BCUT2D eigenvalue weighted by molar-refractivity contribution is -0.332. The molecule has 0 radical (unpaired) electrons. The predicted molar refractivity (Wildman–Crippen MR) is 289 cm³/mol. The summed E-state index contributed by atoms with van der Waals surface area (Å²) in [6.45, 7) is 3.67. The highest BCUT2D eigenvalue weighted by Gasteiger charge is 2.47. The summed E-state index contributed by atoms with van der Waals surface area (Å²) in [6, 6.07) is 0. The molecule has 2 fully saturated rings. The SMILES string of the molecule is CCCCCCC/C=C\C/C=C\C/C=C\CCCCCCCCCCC(=O)OC(COCCCCCCCC/C=C\CCCCCCCC)COC1OC(COC2OC(CO)C(O)C(O)C2O)C(O)C(O)C1O. The summed E-state index contributed by atoms with van der Waals surface area (Å²) in [5, 5.41) is 72.3. The van der Waals surface area contributed by atoms with Crippen molar-refractivity contribution in [2.45, 2.75) is 287 Å². The maximum atomic E-state index is 13.1. The Morgan fingerprint density at radius 2 is 0.849 bits per heavy atom. The first-order chi connectivity index (χ1) is 35.6. The second kappa shape index (κ2) is 46.1. The van der Waals surface area contributed by atoms with E-state index in [1.54, 1.807) is 0 Å². The largest absolute Gasteiger partial charge is 0.457 e. The molecule has 426 valence electrons. The maximum absolute atomic E-state index is 13.1. The molecule has 2 aliphatic rings. The first-order valence-electron chi connectivity index (χ1n) is 29.2. The van der Waals surface area contributed by atoms with Gasteiger partial charge in [-0.05, 0) is 77.0 Å². The highest BCUT2D eigenvalue weighted by atomic mass is 16.7. The predicted octanol–water partition coefficient (Wildman–Crippen LogP) is 10.3. The number of ether oxygens (including phenoxy) is 6. The highest BCUT2D eigenvalue weighted by Crippen LogP contribution is 2.27. The molecule has 11 unspecified atom stereocenters. The molecule has 0 amide bonds. The second-order valence-electron chi connectivity index (χ2n) is 20.5. The minimum absolute atomic E-state index is 0.0541. The minimum Gasteiger partial charge on any atom is -0.457 e. The molecule has 0 aromatic rings. The molecule has 2 rings (SSSR count). The van der Waals surface area contributed by atoms with E-state index in [4.69, 9.17) is 28.4 Å². The van der Waals surface area contributed by atoms with Crippen molar-refractivity contribution < 1.29 is 69.0 Å². The van der Waals surface area contributed by atoms with Crippen molar-refractivity contribution in [2.24, 2.45) is 0 Å². The summed E-state index contributed by atoms with van der Waals surface area (Å²) in [6.07, 6.45) is 38.8. The van der Waals surface area contributed by atoms with E-state index in [1.165, 1.54) is 128 Å². The third-order valence-corrected chi connectivity index (χ3v) is 13.8. The Morgan fingerprint density at radius 1 is 0.452 bits per heavy atom. The monoisotopic (exact) mass is 1040 g/mol. The van der Waals surface area contributed by atoms with Gasteiger partial charge in [0.05, 0.1) is 26.4 Å². The number of aliphatic hydroxyl groups excluding tert-OH is 7. The van der Waals surface area contributed by atoms with Gasteiger partial charge in [0.2, 0.25) is 0 Å². The van der Waals surface area contributed by atoms with Gasteiger partial charge in [-0.1, -0.05) is 184 Å². The summed E-state index contributed by atoms with van der Waals surface area (Å²) in [5.41, 5.74) is 0. The highest BCUT2D eigenvalue weighted by molar-refractivity contribution is 5.69. The summed E-state index contributed by atoms with van der Waals surface area (Å²) in [4.78, 5) is 13.1. The van der Waals surface area contributed by atoms with E-state index in [2.05, 4.69) is 62.5 Å². The Bertz CT molecular complexity index is 1390. The molecule has 2 saturated heterocycles. The van der Waals surface area contributed by atoms with Crippen molar-refractivity contribution in [1.82, 2.24) is 0 Å². The zero-order valence-electron chi connectivity index (χ0n) is 45.6. The fraction of sp³-hybridized carbons (Fsp3) is 0.847. The van der Waals surface area contributed by atoms with Crippen molar-refractivity contribution in [1.29, 1.82) is 0 Å². The summed E-state index contributed by atoms with van der Waals surface area (Å²) in [5.74, 6) is -0.385. The van der Waals surface area contributed by atoms with Gasteiger partial charge >= 0.3 is 5.97 Å². The van der Waals surface area contributed by atoms with Crippen molar-refractivity contribution in [3.8, 4) is 0 Å². The Balaban J connectivity index is 1.72. The summed E-state index contributed by atoms with van der Waals surface area (Å²) in [7, 11) is 0. The van der Waals surface area contributed by atoms with Crippen LogP contribution < -0.4 is 0 Å². The molecular weight excluding hydrogens is 933 g/mol. The molecule has 14 nitrogen and oxygen atoms in total. The molecule has 14 heteroatoms. The van der Waals surface area contributed by atoms with Crippen LogP contribution in [0.3, 0.4) is 0 Å². The van der Waals surface area contributed by atoms with E-state index in [0.717, 1.165) is 64.2 Å². The third-order valence-electron chi connectivity index (χ3n) is 13.8. The van der Waals surface area contributed by atoms with Crippen LogP contribution >= 0.6 is 0 Å². The second-order valence-corrected chi connectivity index (χ2v) is 20.5. The number of aliphatic hydroxyl groups is 7. The van der Waals surface area contributed by atoms with Crippen LogP contribution in [0.4, 0.5) is 0 Å². The number of carbonyl (C=O) groups excluding carboxylic acids is 1. The van der Waals surface area contributed by atoms with Gasteiger partial charge in [0, 0.05) is 13.0 Å². The average Bonchev–Trinajstić information content (AvgIpc) is 3.39. The molecule has 0 aromatic heterocycles. The van der Waals surface area contributed by atoms with Crippen LogP contribution in [-0.4, -0.2) is 142 Å². The number of hydrogen-bond acceptors (Lipinski definition) is 14. The van der Waals surface area contributed by atoms with E-state index in [1.807, 2.05) is 0 Å². The van der Waals surface area contributed by atoms with Crippen molar-refractivity contribution in [3.63, 3.8) is 0 Å². The molecule has 2 aliphatic heterocycles. The Labute approximate surface area is 442 Å². The Hall–Kier alpha value is -2.05. The van der Waals surface area contributed by atoms with Crippen LogP contribution in [0.2, 0.25) is 0 Å². The molecule has 0 bridgehead atoms. The zero-order valence-corrected chi connectivity index (χ0v) is 45.6. The summed E-state index contributed by atoms with van der Waals surface area (Å²) < 4.78 is 34.4. The molecule has 73 heavy (non-hydrogen) atoms. The van der Waals surface area contributed by atoms with E-state index in [0.29, 0.717) is 13.0 Å². The lowest BCUT2D eigenvalue weighted by Crippen LogP contribution is -2.61. The van der Waals surface area contributed by atoms with E-state index >= 15 is 0 Å². The number of carbonyl (C=O) groups is 1. The number of allylic oxidation sites excluding steroid dienone is 8. The maximum Gasteiger partial charge on any atom is 0.306 e. The van der Waals surface area contributed by atoms with Crippen LogP contribution in [0.15, 0.2) is 48.6 Å². The Morgan fingerprint density at radius 3 is 1.34 bits per heavy atom. The fourth-order valence-electron chi connectivity index (χ4n) is 9.05. The number of rotatable bonds is 47. The van der Waals surface area contributed by atoms with Gasteiger partial charge in [-0.3, -0.25) is 4.79 Å². The van der Waals surface area contributed by atoms with Gasteiger partial charge in [-0.25, -0.2) is 0 Å². The number of hydrogen-bond donors (Lipinski definition) is 7. The summed E-state index contributed by atoms with van der Waals surface area (Å²) >= 11 is 0. The molecule has 11 atom stereocenters. The van der Waals surface area contributed by atoms with Gasteiger partial charge < -0.3 is 64.2 Å². The topological polar surface area (TPSA) is 214 Å². The first-order valence-corrected chi connectivity index (χ1v) is 29.2. The quantitative estimate of drug-likeness (QED) is 0.0172. The Kier molecular flexibility index (Phi) is 42.3. The zero-order chi connectivity index (χ0) is 53.0. The van der Waals surface area contributed by atoms with E-state index in [-0.39, 0.29) is 25.6 Å². The molecule has 0 aliphatic carbocycles. The van der Waals surface area contributed by atoms with Crippen molar-refractivity contribution in [3.05, 3.63) is 48.6 Å². The third kappa shape index (κ3) is 33.0. The minimum atomic E-state index is -1.71. The number of esters is 1. The van der Waals surface area contributed by atoms with Crippen LogP contribution in [0.5, 0.6) is 0 Å². The van der Waals surface area contributed by atoms with Gasteiger partial charge in [0.15, 0.2) is 12.6 Å². The lowest BCUT2D eigenvalue weighted by Gasteiger charge is -2.42. The van der Waals surface area contributed by atoms with E-state index in [9.17, 15) is 40.5 Å². The van der Waals surface area contributed by atoms with Crippen LogP contribution in [0.25, 0.3) is 0 Å².